The van der Waals surface area contributed by atoms with Gasteiger partial charge >= 0.3 is 5.91 Å². The van der Waals surface area contributed by atoms with E-state index in [4.69, 9.17) is 16.2 Å². The van der Waals surface area contributed by atoms with Crippen molar-refractivity contribution in [3.8, 4) is 0 Å². The average Bonchev–Trinajstić information content (AvgIpc) is 2.85. The van der Waals surface area contributed by atoms with Gasteiger partial charge in [0, 0.05) is 18.3 Å². The highest BCUT2D eigenvalue weighted by atomic mass is 79.9. The van der Waals surface area contributed by atoms with E-state index >= 15 is 0 Å². The molecule has 1 atom stereocenters. The Labute approximate surface area is 119 Å². The van der Waals surface area contributed by atoms with E-state index in [0.717, 1.165) is 32.5 Å². The predicted octanol–water partition coefficient (Wildman–Crippen LogP) is 2.73. The van der Waals surface area contributed by atoms with Gasteiger partial charge in [-0.2, -0.15) is 0 Å². The van der Waals surface area contributed by atoms with Crippen LogP contribution in [0, 0.1) is 5.92 Å². The van der Waals surface area contributed by atoms with Crippen LogP contribution in [-0.2, 0) is 0 Å². The number of nitrogens with zero attached hydrogens (tertiary/aromatic N) is 2. The maximum absolute atomic E-state index is 12.2. The van der Waals surface area contributed by atoms with Gasteiger partial charge < -0.3 is 9.32 Å². The van der Waals surface area contributed by atoms with Gasteiger partial charge in [0.1, 0.15) is 0 Å². The molecule has 0 saturated carbocycles. The number of halogens is 2. The van der Waals surface area contributed by atoms with Crippen molar-refractivity contribution in [3.63, 3.8) is 0 Å². The first-order valence-corrected chi connectivity index (χ1v) is 7.25. The molecule has 1 amide bonds. The van der Waals surface area contributed by atoms with Crippen molar-refractivity contribution in [3.05, 3.63) is 22.6 Å². The largest absolute Gasteiger partial charge is 0.444 e. The lowest BCUT2D eigenvalue weighted by Crippen LogP contribution is -2.56. The Hall–Kier alpha value is -0.520. The van der Waals surface area contributed by atoms with Crippen LogP contribution in [0.4, 0.5) is 0 Å². The first-order chi connectivity index (χ1) is 8.65. The van der Waals surface area contributed by atoms with E-state index in [9.17, 15) is 4.79 Å². The Kier molecular flexibility index (Phi) is 3.38. The summed E-state index contributed by atoms with van der Waals surface area (Å²) in [6.45, 7) is 3.14. The van der Waals surface area contributed by atoms with Gasteiger partial charge in [0.15, 0.2) is 10.4 Å². The van der Waals surface area contributed by atoms with Crippen molar-refractivity contribution >= 4 is 33.6 Å². The molecule has 0 aromatic carbocycles. The molecule has 6 heteroatoms. The summed E-state index contributed by atoms with van der Waals surface area (Å²) in [5.74, 6) is 0.560. The second-order valence-electron chi connectivity index (χ2n) is 4.93. The summed E-state index contributed by atoms with van der Waals surface area (Å²) in [6.07, 6.45) is 2.26. The molecule has 3 aliphatic heterocycles. The molecule has 0 radical (unpaired) electrons. The van der Waals surface area contributed by atoms with Crippen LogP contribution in [0.5, 0.6) is 0 Å². The van der Waals surface area contributed by atoms with Crippen molar-refractivity contribution in [2.45, 2.75) is 18.9 Å². The number of amides is 1. The molecule has 0 N–H and O–H groups in total. The Balaban J connectivity index is 1.74. The molecule has 0 unspecified atom stereocenters. The van der Waals surface area contributed by atoms with E-state index < -0.39 is 0 Å². The summed E-state index contributed by atoms with van der Waals surface area (Å²) in [5.41, 5.74) is 0. The maximum Gasteiger partial charge on any atom is 0.304 e. The van der Waals surface area contributed by atoms with Crippen molar-refractivity contribution in [2.24, 2.45) is 5.92 Å². The number of piperidine rings is 3. The third-order valence-electron chi connectivity index (χ3n) is 3.89. The number of carbonyl (C=O) groups excluding carboxylic acids is 1. The Morgan fingerprint density at radius 3 is 2.67 bits per heavy atom. The van der Waals surface area contributed by atoms with Gasteiger partial charge in [-0.15, -0.1) is 0 Å². The lowest BCUT2D eigenvalue weighted by atomic mass is 9.84. The molecule has 4 nitrogen and oxygen atoms in total. The highest BCUT2D eigenvalue weighted by Crippen LogP contribution is 2.32. The van der Waals surface area contributed by atoms with Gasteiger partial charge in [-0.1, -0.05) is 0 Å². The van der Waals surface area contributed by atoms with Gasteiger partial charge in [0.05, 0.1) is 6.04 Å². The zero-order chi connectivity index (χ0) is 12.7. The minimum Gasteiger partial charge on any atom is -0.444 e. The minimum atomic E-state index is -0.249. The maximum atomic E-state index is 12.2. The number of carbonyl (C=O) groups is 1. The molecular weight excluding hydrogens is 320 g/mol. The van der Waals surface area contributed by atoms with E-state index in [2.05, 4.69) is 20.8 Å². The van der Waals surface area contributed by atoms with E-state index in [0.29, 0.717) is 10.6 Å². The summed E-state index contributed by atoms with van der Waals surface area (Å²) >= 11 is 9.42. The summed E-state index contributed by atoms with van der Waals surface area (Å²) in [5, 5.41) is 0. The molecule has 0 spiro atoms. The van der Waals surface area contributed by atoms with Gasteiger partial charge in [-0.3, -0.25) is 4.79 Å². The SMILES string of the molecule is O=C(c1ccc(Br)o1)N(Cl)[C@H]1CN2CCC1CC2. The highest BCUT2D eigenvalue weighted by molar-refractivity contribution is 9.10. The molecule has 3 aliphatic rings. The molecule has 4 heterocycles. The van der Waals surface area contributed by atoms with Crippen molar-refractivity contribution in [1.29, 1.82) is 0 Å². The second-order valence-corrected chi connectivity index (χ2v) is 6.07. The van der Waals surface area contributed by atoms with Crippen molar-refractivity contribution < 1.29 is 9.21 Å². The number of hydrogen-bond acceptors (Lipinski definition) is 3. The van der Waals surface area contributed by atoms with Crippen LogP contribution in [0.15, 0.2) is 21.2 Å². The molecule has 1 aromatic rings. The van der Waals surface area contributed by atoms with Crippen LogP contribution in [0.25, 0.3) is 0 Å². The Morgan fingerprint density at radius 1 is 1.44 bits per heavy atom. The van der Waals surface area contributed by atoms with Gasteiger partial charge in [0.25, 0.3) is 0 Å². The molecular formula is C12H14BrClN2O2. The van der Waals surface area contributed by atoms with E-state index in [1.54, 1.807) is 12.1 Å². The smallest absolute Gasteiger partial charge is 0.304 e. The number of furan rings is 1. The number of rotatable bonds is 2. The molecule has 98 valence electrons. The molecule has 4 rings (SSSR count). The fourth-order valence-electron chi connectivity index (χ4n) is 2.88. The van der Waals surface area contributed by atoms with Crippen LogP contribution in [-0.4, -0.2) is 40.9 Å². The Bertz CT molecular complexity index is 457. The summed E-state index contributed by atoms with van der Waals surface area (Å²) in [6, 6.07) is 3.45. The quantitative estimate of drug-likeness (QED) is 0.781. The zero-order valence-corrected chi connectivity index (χ0v) is 12.2. The van der Waals surface area contributed by atoms with Crippen LogP contribution in [0.2, 0.25) is 0 Å². The molecule has 1 aromatic heterocycles. The van der Waals surface area contributed by atoms with Crippen molar-refractivity contribution in [1.82, 2.24) is 9.32 Å². The van der Waals surface area contributed by atoms with Gasteiger partial charge in [-0.05, 0) is 59.9 Å². The number of hydrogen-bond donors (Lipinski definition) is 0. The highest BCUT2D eigenvalue weighted by Gasteiger charge is 2.39. The monoisotopic (exact) mass is 332 g/mol. The van der Waals surface area contributed by atoms with Crippen LogP contribution >= 0.6 is 27.7 Å². The van der Waals surface area contributed by atoms with E-state index in [1.807, 2.05) is 0 Å². The Morgan fingerprint density at radius 2 is 2.17 bits per heavy atom. The standard InChI is InChI=1S/C12H14BrClN2O2/c13-11-2-1-10(18-11)12(17)16(14)9-7-15-5-3-8(9)4-6-15/h1-2,8-9H,3-7H2/t9-/m0/s1. The molecule has 18 heavy (non-hydrogen) atoms. The lowest BCUT2D eigenvalue weighted by molar-refractivity contribution is 0.0325. The fraction of sp³-hybridized carbons (Fsp3) is 0.583. The second kappa shape index (κ2) is 4.87. The lowest BCUT2D eigenvalue weighted by Gasteiger charge is -2.46. The third-order valence-corrected chi connectivity index (χ3v) is 4.72. The van der Waals surface area contributed by atoms with E-state index in [-0.39, 0.29) is 17.7 Å². The normalized spacial score (nSPS) is 30.4. The molecule has 3 saturated heterocycles. The summed E-state index contributed by atoms with van der Waals surface area (Å²) in [4.78, 5) is 14.6. The molecule has 2 bridgehead atoms. The minimum absolute atomic E-state index is 0.102. The topological polar surface area (TPSA) is 36.7 Å². The summed E-state index contributed by atoms with van der Waals surface area (Å²) in [7, 11) is 0. The first kappa shape index (κ1) is 12.5. The van der Waals surface area contributed by atoms with Gasteiger partial charge in [0.2, 0.25) is 0 Å². The number of fused-ring (bicyclic) bond motifs is 3. The third kappa shape index (κ3) is 2.19. The first-order valence-electron chi connectivity index (χ1n) is 6.12. The van der Waals surface area contributed by atoms with Crippen LogP contribution < -0.4 is 0 Å². The molecule has 3 fully saturated rings. The van der Waals surface area contributed by atoms with Crippen LogP contribution in [0.1, 0.15) is 23.4 Å². The molecule has 0 aliphatic carbocycles. The predicted molar refractivity (Wildman–Crippen MR) is 71.4 cm³/mol. The van der Waals surface area contributed by atoms with Crippen molar-refractivity contribution in [2.75, 3.05) is 19.6 Å². The zero-order valence-electron chi connectivity index (χ0n) is 9.81. The van der Waals surface area contributed by atoms with E-state index in [1.165, 1.54) is 4.42 Å². The van der Waals surface area contributed by atoms with Crippen LogP contribution in [0.3, 0.4) is 0 Å². The average molecular weight is 334 g/mol. The fourth-order valence-corrected chi connectivity index (χ4v) is 3.49. The van der Waals surface area contributed by atoms with Gasteiger partial charge in [-0.25, -0.2) is 4.42 Å². The summed E-state index contributed by atoms with van der Waals surface area (Å²) < 4.78 is 7.15.